The van der Waals surface area contributed by atoms with Crippen LogP contribution in [0.4, 0.5) is 5.00 Å². The van der Waals surface area contributed by atoms with Crippen LogP contribution in [-0.4, -0.2) is 19.6 Å². The van der Waals surface area contributed by atoms with Gasteiger partial charge >= 0.3 is 5.97 Å². The van der Waals surface area contributed by atoms with Gasteiger partial charge in [0, 0.05) is 11.9 Å². The average Bonchev–Trinajstić information content (AvgIpc) is 2.47. The van der Waals surface area contributed by atoms with Crippen molar-refractivity contribution < 1.29 is 9.53 Å². The lowest BCUT2D eigenvalue weighted by molar-refractivity contribution is 0.0528. The van der Waals surface area contributed by atoms with Crippen LogP contribution in [0.25, 0.3) is 0 Å². The minimum absolute atomic E-state index is 0.254. The van der Waals surface area contributed by atoms with Crippen molar-refractivity contribution in [2.24, 2.45) is 0 Å². The van der Waals surface area contributed by atoms with Crippen molar-refractivity contribution in [2.75, 3.05) is 19.0 Å². The predicted octanol–water partition coefficient (Wildman–Crippen LogP) is 2.27. The van der Waals surface area contributed by atoms with Gasteiger partial charge in [0.05, 0.1) is 12.2 Å². The summed E-state index contributed by atoms with van der Waals surface area (Å²) in [5, 5.41) is 3.84. The fraction of sp³-hybridized carbons (Fsp3) is 0.444. The van der Waals surface area contributed by atoms with Crippen molar-refractivity contribution in [1.29, 1.82) is 0 Å². The monoisotopic (exact) mass is 199 g/mol. The number of ether oxygens (including phenoxy) is 1. The number of anilines is 1. The number of hydrogen-bond donors (Lipinski definition) is 1. The second-order valence-corrected chi connectivity index (χ2v) is 3.83. The maximum atomic E-state index is 11.4. The maximum absolute atomic E-state index is 11.4. The molecule has 0 atom stereocenters. The number of carbonyl (C=O) groups excluding carboxylic acids is 1. The summed E-state index contributed by atoms with van der Waals surface area (Å²) in [7, 11) is 1.80. The van der Waals surface area contributed by atoms with Crippen LogP contribution < -0.4 is 5.32 Å². The molecule has 1 N–H and O–H groups in total. The molecule has 1 aromatic rings. The van der Waals surface area contributed by atoms with E-state index in [0.717, 1.165) is 9.88 Å². The van der Waals surface area contributed by atoms with Gasteiger partial charge in [0.25, 0.3) is 0 Å². The van der Waals surface area contributed by atoms with Crippen LogP contribution in [0.1, 0.15) is 22.2 Å². The number of nitrogens with one attached hydrogen (secondary N) is 1. The first-order valence-corrected chi connectivity index (χ1v) is 4.96. The first kappa shape index (κ1) is 10.1. The fourth-order valence-electron chi connectivity index (χ4n) is 1.06. The van der Waals surface area contributed by atoms with Gasteiger partial charge in [-0.25, -0.2) is 4.79 Å². The molecular weight excluding hydrogens is 186 g/mol. The Kier molecular flexibility index (Phi) is 3.31. The molecule has 0 fully saturated rings. The number of aryl methyl sites for hydroxylation is 1. The third-order valence-corrected chi connectivity index (χ3v) is 2.65. The van der Waals surface area contributed by atoms with Crippen LogP contribution in [0.3, 0.4) is 0 Å². The Bertz CT molecular complexity index is 307. The molecule has 0 radical (unpaired) electrons. The van der Waals surface area contributed by atoms with Crippen molar-refractivity contribution in [3.63, 3.8) is 0 Å². The number of thiophene rings is 1. The standard InChI is InChI=1S/C9H13NO2S/c1-4-12-9(11)7-5-6(2)13-8(7)10-3/h5,10H,4H2,1-3H3. The van der Waals surface area contributed by atoms with E-state index in [2.05, 4.69) is 5.32 Å². The Morgan fingerprint density at radius 2 is 2.38 bits per heavy atom. The molecule has 3 nitrogen and oxygen atoms in total. The Labute approximate surface area is 81.7 Å². The van der Waals surface area contributed by atoms with Crippen LogP contribution in [0.2, 0.25) is 0 Å². The molecule has 4 heteroatoms. The van der Waals surface area contributed by atoms with E-state index in [1.807, 2.05) is 13.0 Å². The van der Waals surface area contributed by atoms with Gasteiger partial charge in [0.2, 0.25) is 0 Å². The molecule has 0 aliphatic carbocycles. The topological polar surface area (TPSA) is 38.3 Å². The minimum Gasteiger partial charge on any atom is -0.462 e. The molecule has 0 aliphatic rings. The van der Waals surface area contributed by atoms with Crippen LogP contribution in [-0.2, 0) is 4.74 Å². The number of esters is 1. The molecule has 1 aromatic heterocycles. The molecule has 0 spiro atoms. The van der Waals surface area contributed by atoms with E-state index in [9.17, 15) is 4.79 Å². The third-order valence-electron chi connectivity index (χ3n) is 1.58. The highest BCUT2D eigenvalue weighted by atomic mass is 32.1. The zero-order chi connectivity index (χ0) is 9.84. The van der Waals surface area contributed by atoms with E-state index in [4.69, 9.17) is 4.74 Å². The Balaban J connectivity index is 2.91. The van der Waals surface area contributed by atoms with Crippen molar-refractivity contribution in [2.45, 2.75) is 13.8 Å². The molecule has 0 bridgehead atoms. The van der Waals surface area contributed by atoms with Crippen LogP contribution in [0.5, 0.6) is 0 Å². The largest absolute Gasteiger partial charge is 0.462 e. The summed E-state index contributed by atoms with van der Waals surface area (Å²) < 4.78 is 4.91. The maximum Gasteiger partial charge on any atom is 0.341 e. The third kappa shape index (κ3) is 2.21. The van der Waals surface area contributed by atoms with Gasteiger partial charge in [0.1, 0.15) is 5.00 Å². The van der Waals surface area contributed by atoms with Gasteiger partial charge in [-0.05, 0) is 19.9 Å². The Hall–Kier alpha value is -1.03. The Morgan fingerprint density at radius 1 is 1.69 bits per heavy atom. The van der Waals surface area contributed by atoms with Gasteiger partial charge in [-0.15, -0.1) is 11.3 Å². The van der Waals surface area contributed by atoms with Crippen molar-refractivity contribution >= 4 is 22.3 Å². The normalized spacial score (nSPS) is 9.77. The lowest BCUT2D eigenvalue weighted by Gasteiger charge is -2.01. The summed E-state index contributed by atoms with van der Waals surface area (Å²) in [6.07, 6.45) is 0. The van der Waals surface area contributed by atoms with Gasteiger partial charge in [-0.2, -0.15) is 0 Å². The molecule has 72 valence electrons. The van der Waals surface area contributed by atoms with E-state index < -0.39 is 0 Å². The van der Waals surface area contributed by atoms with E-state index in [0.29, 0.717) is 12.2 Å². The Morgan fingerprint density at radius 3 is 2.92 bits per heavy atom. The molecule has 0 saturated heterocycles. The summed E-state index contributed by atoms with van der Waals surface area (Å²) in [6, 6.07) is 1.84. The summed E-state index contributed by atoms with van der Waals surface area (Å²) in [6.45, 7) is 4.18. The first-order valence-electron chi connectivity index (χ1n) is 4.14. The van der Waals surface area contributed by atoms with Gasteiger partial charge in [-0.1, -0.05) is 0 Å². The fourth-order valence-corrected chi connectivity index (χ4v) is 1.91. The molecule has 0 unspecified atom stereocenters. The number of rotatable bonds is 3. The highest BCUT2D eigenvalue weighted by Gasteiger charge is 2.14. The van der Waals surface area contributed by atoms with E-state index >= 15 is 0 Å². The molecule has 0 aromatic carbocycles. The molecule has 0 amide bonds. The number of carbonyl (C=O) groups is 1. The van der Waals surface area contributed by atoms with Gasteiger partial charge < -0.3 is 10.1 Å². The average molecular weight is 199 g/mol. The minimum atomic E-state index is -0.254. The van der Waals surface area contributed by atoms with Crippen molar-refractivity contribution in [3.8, 4) is 0 Å². The van der Waals surface area contributed by atoms with Gasteiger partial charge in [-0.3, -0.25) is 0 Å². The molecule has 0 aliphatic heterocycles. The molecule has 0 saturated carbocycles. The van der Waals surface area contributed by atoms with Crippen LogP contribution in [0.15, 0.2) is 6.07 Å². The van der Waals surface area contributed by atoms with E-state index in [-0.39, 0.29) is 5.97 Å². The van der Waals surface area contributed by atoms with E-state index in [1.54, 1.807) is 25.3 Å². The summed E-state index contributed by atoms with van der Waals surface area (Å²) in [4.78, 5) is 12.5. The molecule has 13 heavy (non-hydrogen) atoms. The molecule has 1 heterocycles. The number of hydrogen-bond acceptors (Lipinski definition) is 4. The second kappa shape index (κ2) is 4.28. The predicted molar refractivity (Wildman–Crippen MR) is 54.6 cm³/mol. The van der Waals surface area contributed by atoms with Gasteiger partial charge in [0.15, 0.2) is 0 Å². The van der Waals surface area contributed by atoms with Crippen molar-refractivity contribution in [3.05, 3.63) is 16.5 Å². The SMILES string of the molecule is CCOC(=O)c1cc(C)sc1NC. The highest BCUT2D eigenvalue weighted by Crippen LogP contribution is 2.27. The smallest absolute Gasteiger partial charge is 0.341 e. The lowest BCUT2D eigenvalue weighted by Crippen LogP contribution is -2.05. The quantitative estimate of drug-likeness (QED) is 0.759. The van der Waals surface area contributed by atoms with Crippen molar-refractivity contribution in [1.82, 2.24) is 0 Å². The summed E-state index contributed by atoms with van der Waals surface area (Å²) in [5.41, 5.74) is 0.631. The summed E-state index contributed by atoms with van der Waals surface area (Å²) in [5.74, 6) is -0.254. The highest BCUT2D eigenvalue weighted by molar-refractivity contribution is 7.16. The van der Waals surface area contributed by atoms with E-state index in [1.165, 1.54) is 0 Å². The molecule has 1 rings (SSSR count). The van der Waals surface area contributed by atoms with Crippen LogP contribution in [0, 0.1) is 6.92 Å². The van der Waals surface area contributed by atoms with Crippen LogP contribution >= 0.6 is 11.3 Å². The lowest BCUT2D eigenvalue weighted by atomic mass is 10.3. The zero-order valence-electron chi connectivity index (χ0n) is 8.01. The summed E-state index contributed by atoms with van der Waals surface area (Å²) >= 11 is 1.56. The first-order chi connectivity index (χ1) is 6.19. The second-order valence-electron chi connectivity index (χ2n) is 2.57. The zero-order valence-corrected chi connectivity index (χ0v) is 8.83. The molecular formula is C9H13NO2S.